The van der Waals surface area contributed by atoms with Gasteiger partial charge >= 0.3 is 0 Å². The number of aliphatic hydroxyl groups excluding tert-OH is 1. The van der Waals surface area contributed by atoms with Crippen molar-refractivity contribution < 1.29 is 9.50 Å². The lowest BCUT2D eigenvalue weighted by Crippen LogP contribution is -2.17. The maximum absolute atomic E-state index is 14.0. The topological polar surface area (TPSA) is 20.2 Å². The molecule has 1 saturated carbocycles. The minimum Gasteiger partial charge on any atom is -0.388 e. The Morgan fingerprint density at radius 3 is 2.61 bits per heavy atom. The lowest BCUT2D eigenvalue weighted by atomic mass is 9.82. The smallest absolute Gasteiger partial charge is 0.130 e. The lowest BCUT2D eigenvalue weighted by molar-refractivity contribution is 0.0810. The lowest BCUT2D eigenvalue weighted by Gasteiger charge is -2.28. The molecule has 1 atom stereocenters. The Labute approximate surface area is 120 Å². The van der Waals surface area contributed by atoms with Gasteiger partial charge in [-0.05, 0) is 53.2 Å². The second kappa shape index (κ2) is 5.89. The standard InChI is InChI=1S/C14H17BrClFO/c1-8-7-10(17)11(12(15)13(8)16)14(18)9-5-3-2-4-6-9/h7,9,14,18H,2-6H2,1H3. The molecule has 1 unspecified atom stereocenters. The van der Waals surface area contributed by atoms with E-state index in [4.69, 9.17) is 11.6 Å². The van der Waals surface area contributed by atoms with Crippen LogP contribution in [0.25, 0.3) is 0 Å². The van der Waals surface area contributed by atoms with Crippen molar-refractivity contribution in [1.29, 1.82) is 0 Å². The number of benzene rings is 1. The highest BCUT2D eigenvalue weighted by Crippen LogP contribution is 2.41. The van der Waals surface area contributed by atoms with Crippen LogP contribution in [0.2, 0.25) is 5.02 Å². The van der Waals surface area contributed by atoms with Crippen LogP contribution in [-0.2, 0) is 0 Å². The van der Waals surface area contributed by atoms with E-state index in [2.05, 4.69) is 15.9 Å². The summed E-state index contributed by atoms with van der Waals surface area (Å²) in [6, 6.07) is 1.40. The van der Waals surface area contributed by atoms with Gasteiger partial charge in [-0.15, -0.1) is 0 Å². The molecule has 0 spiro atoms. The summed E-state index contributed by atoms with van der Waals surface area (Å²) < 4.78 is 14.5. The summed E-state index contributed by atoms with van der Waals surface area (Å²) in [5.41, 5.74) is 0.998. The Balaban J connectivity index is 2.34. The summed E-state index contributed by atoms with van der Waals surface area (Å²) in [5, 5.41) is 10.9. The first kappa shape index (κ1) is 14.3. The molecule has 1 aliphatic rings. The first-order valence-corrected chi connectivity index (χ1v) is 7.51. The van der Waals surface area contributed by atoms with Crippen LogP contribution in [0, 0.1) is 18.7 Å². The van der Waals surface area contributed by atoms with Gasteiger partial charge in [0.15, 0.2) is 0 Å². The van der Waals surface area contributed by atoms with Crippen LogP contribution in [0.3, 0.4) is 0 Å². The third-order valence-electron chi connectivity index (χ3n) is 3.77. The van der Waals surface area contributed by atoms with Crippen molar-refractivity contribution in [2.24, 2.45) is 5.92 Å². The summed E-state index contributed by atoms with van der Waals surface area (Å²) in [5.74, 6) is -0.231. The molecule has 0 saturated heterocycles. The molecule has 2 rings (SSSR count). The molecule has 100 valence electrons. The maximum atomic E-state index is 14.0. The number of rotatable bonds is 2. The average molecular weight is 336 g/mol. The van der Waals surface area contributed by atoms with Crippen molar-refractivity contribution in [3.63, 3.8) is 0 Å². The first-order chi connectivity index (χ1) is 8.52. The highest BCUT2D eigenvalue weighted by molar-refractivity contribution is 9.10. The van der Waals surface area contributed by atoms with Gasteiger partial charge in [0.1, 0.15) is 5.82 Å². The molecule has 0 radical (unpaired) electrons. The van der Waals surface area contributed by atoms with Crippen LogP contribution < -0.4 is 0 Å². The molecule has 1 N–H and O–H groups in total. The molecule has 1 nitrogen and oxygen atoms in total. The van der Waals surface area contributed by atoms with E-state index >= 15 is 0 Å². The highest BCUT2D eigenvalue weighted by Gasteiger charge is 2.28. The van der Waals surface area contributed by atoms with Crippen molar-refractivity contribution in [3.05, 3.63) is 32.5 Å². The van der Waals surface area contributed by atoms with E-state index in [1.165, 1.54) is 12.5 Å². The van der Waals surface area contributed by atoms with Gasteiger partial charge in [0.05, 0.1) is 11.1 Å². The summed E-state index contributed by atoms with van der Waals surface area (Å²) in [6.45, 7) is 1.76. The second-order valence-corrected chi connectivity index (χ2v) is 6.23. The third kappa shape index (κ3) is 2.73. The van der Waals surface area contributed by atoms with Crippen LogP contribution >= 0.6 is 27.5 Å². The molecule has 0 amide bonds. The van der Waals surface area contributed by atoms with Gasteiger partial charge in [-0.3, -0.25) is 0 Å². The van der Waals surface area contributed by atoms with E-state index in [0.717, 1.165) is 25.7 Å². The average Bonchev–Trinajstić information content (AvgIpc) is 2.37. The zero-order valence-electron chi connectivity index (χ0n) is 10.3. The van der Waals surface area contributed by atoms with E-state index in [-0.39, 0.29) is 11.7 Å². The number of halogens is 3. The SMILES string of the molecule is Cc1cc(F)c(C(O)C2CCCCC2)c(Br)c1Cl. The zero-order valence-corrected chi connectivity index (χ0v) is 12.7. The van der Waals surface area contributed by atoms with Crippen LogP contribution in [0.5, 0.6) is 0 Å². The molecule has 0 heterocycles. The van der Waals surface area contributed by atoms with E-state index in [1.54, 1.807) is 6.92 Å². The van der Waals surface area contributed by atoms with E-state index < -0.39 is 6.10 Å². The predicted molar refractivity (Wildman–Crippen MR) is 75.4 cm³/mol. The Hall–Kier alpha value is -0.120. The molecule has 0 aliphatic heterocycles. The minimum atomic E-state index is -0.766. The normalized spacial score (nSPS) is 18.9. The summed E-state index contributed by atoms with van der Waals surface area (Å²) in [6.07, 6.45) is 4.58. The summed E-state index contributed by atoms with van der Waals surface area (Å²) in [4.78, 5) is 0. The van der Waals surface area contributed by atoms with Crippen molar-refractivity contribution in [2.75, 3.05) is 0 Å². The van der Waals surface area contributed by atoms with Crippen LogP contribution in [0.1, 0.15) is 49.3 Å². The molecular formula is C14H17BrClFO. The van der Waals surface area contributed by atoms with Gasteiger partial charge in [0.25, 0.3) is 0 Å². The molecule has 1 aliphatic carbocycles. The Kier molecular flexibility index (Phi) is 4.68. The van der Waals surface area contributed by atoms with Crippen LogP contribution in [0.15, 0.2) is 10.5 Å². The van der Waals surface area contributed by atoms with Crippen molar-refractivity contribution in [1.82, 2.24) is 0 Å². The molecule has 18 heavy (non-hydrogen) atoms. The largest absolute Gasteiger partial charge is 0.388 e. The molecular weight excluding hydrogens is 319 g/mol. The fourth-order valence-corrected chi connectivity index (χ4v) is 3.58. The van der Waals surface area contributed by atoms with Gasteiger partial charge in [0.2, 0.25) is 0 Å². The molecule has 1 aromatic carbocycles. The number of hydrogen-bond donors (Lipinski definition) is 1. The van der Waals surface area contributed by atoms with Gasteiger partial charge in [-0.1, -0.05) is 30.9 Å². The van der Waals surface area contributed by atoms with Gasteiger partial charge in [-0.25, -0.2) is 4.39 Å². The van der Waals surface area contributed by atoms with Gasteiger partial charge in [-0.2, -0.15) is 0 Å². The maximum Gasteiger partial charge on any atom is 0.130 e. The van der Waals surface area contributed by atoms with E-state index in [9.17, 15) is 9.50 Å². The quantitative estimate of drug-likeness (QED) is 0.740. The molecule has 1 aromatic rings. The van der Waals surface area contributed by atoms with Crippen molar-refractivity contribution >= 4 is 27.5 Å². The zero-order chi connectivity index (χ0) is 13.3. The molecule has 0 aromatic heterocycles. The third-order valence-corrected chi connectivity index (χ3v) is 5.31. The summed E-state index contributed by atoms with van der Waals surface area (Å²) in [7, 11) is 0. The van der Waals surface area contributed by atoms with Crippen molar-refractivity contribution in [2.45, 2.75) is 45.1 Å². The first-order valence-electron chi connectivity index (χ1n) is 6.34. The van der Waals surface area contributed by atoms with Crippen LogP contribution in [0.4, 0.5) is 4.39 Å². The Morgan fingerprint density at radius 1 is 1.39 bits per heavy atom. The Bertz CT molecular complexity index is 444. The fraction of sp³-hybridized carbons (Fsp3) is 0.571. The minimum absolute atomic E-state index is 0.142. The molecule has 0 bridgehead atoms. The van der Waals surface area contributed by atoms with Crippen molar-refractivity contribution in [3.8, 4) is 0 Å². The monoisotopic (exact) mass is 334 g/mol. The molecule has 1 fully saturated rings. The number of aryl methyl sites for hydroxylation is 1. The molecule has 4 heteroatoms. The number of aliphatic hydroxyl groups is 1. The number of hydrogen-bond acceptors (Lipinski definition) is 1. The Morgan fingerprint density at radius 2 is 2.00 bits per heavy atom. The van der Waals surface area contributed by atoms with E-state index in [1.807, 2.05) is 0 Å². The van der Waals surface area contributed by atoms with Crippen LogP contribution in [-0.4, -0.2) is 5.11 Å². The highest BCUT2D eigenvalue weighted by atomic mass is 79.9. The second-order valence-electron chi connectivity index (χ2n) is 5.06. The fourth-order valence-electron chi connectivity index (χ4n) is 2.68. The van der Waals surface area contributed by atoms with Gasteiger partial charge in [0, 0.05) is 10.0 Å². The summed E-state index contributed by atoms with van der Waals surface area (Å²) >= 11 is 9.43. The van der Waals surface area contributed by atoms with Gasteiger partial charge < -0.3 is 5.11 Å². The predicted octanol–water partition coefficient (Wildman–Crippen LogP) is 5.16. The van der Waals surface area contributed by atoms with E-state index in [0.29, 0.717) is 20.6 Å².